The number of fused-ring (bicyclic) bond motifs is 1. The molecule has 112 valence electrons. The minimum Gasteiger partial charge on any atom is -0.497 e. The van der Waals surface area contributed by atoms with Crippen LogP contribution in [0.3, 0.4) is 0 Å². The Balaban J connectivity index is 1.72. The summed E-state index contributed by atoms with van der Waals surface area (Å²) in [4.78, 5) is 18.4. The molecule has 3 heterocycles. The van der Waals surface area contributed by atoms with E-state index in [4.69, 9.17) is 4.74 Å². The molecule has 1 aliphatic rings. The number of rotatable bonds is 3. The number of hydrogen-bond donors (Lipinski definition) is 1. The molecule has 0 radical (unpaired) electrons. The molecule has 0 bridgehead atoms. The number of hydrogen-bond acceptors (Lipinski definition) is 5. The number of anilines is 1. The van der Waals surface area contributed by atoms with E-state index in [1.54, 1.807) is 19.8 Å². The van der Waals surface area contributed by atoms with Gasteiger partial charge in [-0.25, -0.2) is 15.0 Å². The van der Waals surface area contributed by atoms with Crippen LogP contribution in [0, 0.1) is 0 Å². The third-order valence-corrected chi connectivity index (χ3v) is 4.23. The maximum Gasteiger partial charge on any atom is 0.182 e. The monoisotopic (exact) mass is 295 g/mol. The number of benzene rings is 1. The Kier molecular flexibility index (Phi) is 3.14. The van der Waals surface area contributed by atoms with Crippen LogP contribution in [0.25, 0.3) is 11.2 Å². The summed E-state index contributed by atoms with van der Waals surface area (Å²) in [5.41, 5.74) is 2.90. The molecule has 1 atom stereocenters. The summed E-state index contributed by atoms with van der Waals surface area (Å²) in [6.07, 6.45) is 5.52. The molecule has 2 aromatic heterocycles. The van der Waals surface area contributed by atoms with Crippen molar-refractivity contribution in [2.24, 2.45) is 0 Å². The summed E-state index contributed by atoms with van der Waals surface area (Å²) in [5.74, 6) is 1.81. The number of nitrogens with zero attached hydrogens (tertiary/aromatic N) is 4. The van der Waals surface area contributed by atoms with Crippen molar-refractivity contribution in [1.29, 1.82) is 0 Å². The van der Waals surface area contributed by atoms with Crippen LogP contribution >= 0.6 is 0 Å². The molecular weight excluding hydrogens is 278 g/mol. The fourth-order valence-electron chi connectivity index (χ4n) is 3.16. The first-order valence-electron chi connectivity index (χ1n) is 7.41. The second-order valence-corrected chi connectivity index (χ2v) is 5.42. The summed E-state index contributed by atoms with van der Waals surface area (Å²) >= 11 is 0. The fraction of sp³-hybridized carbons (Fsp3) is 0.312. The highest BCUT2D eigenvalue weighted by atomic mass is 16.5. The quantitative estimate of drug-likeness (QED) is 0.804. The Bertz CT molecular complexity index is 783. The molecule has 4 rings (SSSR count). The minimum absolute atomic E-state index is 0.326. The predicted octanol–water partition coefficient (Wildman–Crippen LogP) is 2.70. The van der Waals surface area contributed by atoms with E-state index in [1.807, 2.05) is 12.1 Å². The number of aromatic amines is 1. The van der Waals surface area contributed by atoms with Gasteiger partial charge in [0.2, 0.25) is 0 Å². The molecule has 1 aliphatic heterocycles. The Labute approximate surface area is 128 Å². The van der Waals surface area contributed by atoms with Crippen molar-refractivity contribution in [3.63, 3.8) is 0 Å². The van der Waals surface area contributed by atoms with Gasteiger partial charge in [0.15, 0.2) is 11.5 Å². The second-order valence-electron chi connectivity index (χ2n) is 5.42. The first-order valence-corrected chi connectivity index (χ1v) is 7.41. The van der Waals surface area contributed by atoms with Crippen molar-refractivity contribution in [1.82, 2.24) is 19.9 Å². The largest absolute Gasteiger partial charge is 0.497 e. The summed E-state index contributed by atoms with van der Waals surface area (Å²) in [6, 6.07) is 8.61. The Morgan fingerprint density at radius 3 is 2.86 bits per heavy atom. The lowest BCUT2D eigenvalue weighted by atomic mass is 10.0. The van der Waals surface area contributed by atoms with Gasteiger partial charge >= 0.3 is 0 Å². The fourth-order valence-corrected chi connectivity index (χ4v) is 3.16. The van der Waals surface area contributed by atoms with E-state index in [0.717, 1.165) is 36.5 Å². The molecule has 1 saturated heterocycles. The zero-order valence-corrected chi connectivity index (χ0v) is 12.4. The first-order chi connectivity index (χ1) is 10.9. The third-order valence-electron chi connectivity index (χ3n) is 4.23. The zero-order valence-electron chi connectivity index (χ0n) is 12.4. The van der Waals surface area contributed by atoms with Crippen molar-refractivity contribution >= 4 is 17.0 Å². The highest BCUT2D eigenvalue weighted by Crippen LogP contribution is 2.37. The van der Waals surface area contributed by atoms with Gasteiger partial charge in [-0.3, -0.25) is 0 Å². The van der Waals surface area contributed by atoms with Crippen LogP contribution in [-0.4, -0.2) is 33.6 Å². The van der Waals surface area contributed by atoms with E-state index in [9.17, 15) is 0 Å². The van der Waals surface area contributed by atoms with Gasteiger partial charge in [-0.2, -0.15) is 0 Å². The zero-order chi connectivity index (χ0) is 14.9. The summed E-state index contributed by atoms with van der Waals surface area (Å²) in [5, 5.41) is 0. The maximum absolute atomic E-state index is 5.24. The van der Waals surface area contributed by atoms with Gasteiger partial charge in [-0.15, -0.1) is 0 Å². The molecule has 1 fully saturated rings. The van der Waals surface area contributed by atoms with Gasteiger partial charge < -0.3 is 14.6 Å². The predicted molar refractivity (Wildman–Crippen MR) is 84.0 cm³/mol. The number of nitrogens with one attached hydrogen (secondary N) is 1. The molecule has 1 aromatic carbocycles. The van der Waals surface area contributed by atoms with Crippen LogP contribution in [0.1, 0.15) is 24.4 Å². The second kappa shape index (κ2) is 5.29. The van der Waals surface area contributed by atoms with Crippen LogP contribution in [0.15, 0.2) is 36.9 Å². The van der Waals surface area contributed by atoms with Gasteiger partial charge in [0.05, 0.1) is 19.5 Å². The average molecular weight is 295 g/mol. The lowest BCUT2D eigenvalue weighted by Gasteiger charge is -2.26. The van der Waals surface area contributed by atoms with Gasteiger partial charge in [0.1, 0.15) is 17.6 Å². The van der Waals surface area contributed by atoms with E-state index < -0.39 is 0 Å². The van der Waals surface area contributed by atoms with Crippen LogP contribution in [0.5, 0.6) is 5.75 Å². The van der Waals surface area contributed by atoms with Crippen molar-refractivity contribution in [2.45, 2.75) is 18.9 Å². The molecule has 6 nitrogen and oxygen atoms in total. The Morgan fingerprint density at radius 2 is 2.05 bits per heavy atom. The lowest BCUT2D eigenvalue weighted by Crippen LogP contribution is -2.24. The summed E-state index contributed by atoms with van der Waals surface area (Å²) < 4.78 is 5.24. The molecule has 0 spiro atoms. The van der Waals surface area contributed by atoms with E-state index in [0.29, 0.717) is 11.7 Å². The number of methoxy groups -OCH3 is 1. The minimum atomic E-state index is 0.326. The van der Waals surface area contributed by atoms with E-state index in [2.05, 4.69) is 37.0 Å². The number of imidazole rings is 1. The molecule has 0 saturated carbocycles. The normalized spacial score (nSPS) is 18.0. The number of aromatic nitrogens is 4. The Morgan fingerprint density at radius 1 is 1.18 bits per heavy atom. The van der Waals surface area contributed by atoms with E-state index in [-0.39, 0.29) is 0 Å². The van der Waals surface area contributed by atoms with Gasteiger partial charge in [-0.1, -0.05) is 12.1 Å². The average Bonchev–Trinajstić information content (AvgIpc) is 3.23. The van der Waals surface area contributed by atoms with Crippen molar-refractivity contribution in [2.75, 3.05) is 18.6 Å². The molecule has 1 N–H and O–H groups in total. The van der Waals surface area contributed by atoms with Crippen molar-refractivity contribution < 1.29 is 4.74 Å². The number of H-pyrrole nitrogens is 1. The molecule has 6 heteroatoms. The smallest absolute Gasteiger partial charge is 0.182 e. The van der Waals surface area contributed by atoms with E-state index in [1.165, 1.54) is 5.56 Å². The molecule has 3 aromatic rings. The highest BCUT2D eigenvalue weighted by Gasteiger charge is 2.28. The standard InChI is InChI=1S/C16H17N5O/c1-22-12-6-4-11(5-7-12)13-3-2-8-21(13)16-14-15(18-9-17-14)19-10-20-16/h4-7,9-10,13H,2-3,8H2,1H3,(H,17,18,19,20)/t13-/m1/s1. The van der Waals surface area contributed by atoms with Crippen LogP contribution in [-0.2, 0) is 0 Å². The van der Waals surface area contributed by atoms with Crippen LogP contribution in [0.4, 0.5) is 5.82 Å². The first kappa shape index (κ1) is 13.1. The third kappa shape index (κ3) is 2.07. The van der Waals surface area contributed by atoms with Gasteiger partial charge in [0, 0.05) is 6.54 Å². The van der Waals surface area contributed by atoms with Crippen molar-refractivity contribution in [3.05, 3.63) is 42.5 Å². The SMILES string of the molecule is COc1ccc([C@H]2CCCN2c2ncnc3nc[nH]c23)cc1. The maximum atomic E-state index is 5.24. The molecule has 0 aliphatic carbocycles. The van der Waals surface area contributed by atoms with Crippen LogP contribution < -0.4 is 9.64 Å². The van der Waals surface area contributed by atoms with E-state index >= 15 is 0 Å². The molecule has 0 amide bonds. The lowest BCUT2D eigenvalue weighted by molar-refractivity contribution is 0.414. The highest BCUT2D eigenvalue weighted by molar-refractivity contribution is 5.83. The van der Waals surface area contributed by atoms with Gasteiger partial charge in [-0.05, 0) is 30.5 Å². The molecular formula is C16H17N5O. The number of ether oxygens (including phenoxy) is 1. The van der Waals surface area contributed by atoms with Gasteiger partial charge in [0.25, 0.3) is 0 Å². The Hall–Kier alpha value is -2.63. The molecule has 0 unspecified atom stereocenters. The van der Waals surface area contributed by atoms with Crippen molar-refractivity contribution in [3.8, 4) is 5.75 Å². The molecule has 22 heavy (non-hydrogen) atoms. The summed E-state index contributed by atoms with van der Waals surface area (Å²) in [7, 11) is 1.69. The topological polar surface area (TPSA) is 66.9 Å². The van der Waals surface area contributed by atoms with Crippen LogP contribution in [0.2, 0.25) is 0 Å². The summed E-state index contributed by atoms with van der Waals surface area (Å²) in [6.45, 7) is 0.988.